The molecule has 2 heterocycles. The Morgan fingerprint density at radius 1 is 1.03 bits per heavy atom. The largest absolute Gasteiger partial charge is 0.334 e. The molecule has 160 valence electrons. The van der Waals surface area contributed by atoms with Gasteiger partial charge in [-0.15, -0.1) is 0 Å². The van der Waals surface area contributed by atoms with Gasteiger partial charge in [0.25, 0.3) is 11.8 Å². The van der Waals surface area contributed by atoms with Crippen molar-refractivity contribution in [2.75, 3.05) is 0 Å². The van der Waals surface area contributed by atoms with Crippen molar-refractivity contribution in [3.05, 3.63) is 71.0 Å². The van der Waals surface area contributed by atoms with Crippen molar-refractivity contribution in [2.24, 2.45) is 0 Å². The smallest absolute Gasteiger partial charge is 0.325 e. The molecule has 1 N–H and O–H groups in total. The maximum Gasteiger partial charge on any atom is 0.325 e. The fourth-order valence-corrected chi connectivity index (χ4v) is 3.61. The predicted molar refractivity (Wildman–Crippen MR) is 116 cm³/mol. The van der Waals surface area contributed by atoms with E-state index in [9.17, 15) is 9.59 Å². The van der Waals surface area contributed by atoms with Crippen LogP contribution in [0, 0.1) is 6.92 Å². The van der Waals surface area contributed by atoms with E-state index < -0.39 is 11.6 Å². The number of nitrogens with one attached hydrogen (secondary N) is 1. The van der Waals surface area contributed by atoms with E-state index in [4.69, 9.17) is 4.52 Å². The topological polar surface area (TPSA) is 88.3 Å². The third kappa shape index (κ3) is 3.83. The highest BCUT2D eigenvalue weighted by atomic mass is 16.5. The van der Waals surface area contributed by atoms with Crippen LogP contribution in [0.5, 0.6) is 0 Å². The summed E-state index contributed by atoms with van der Waals surface area (Å²) in [7, 11) is 0. The second-order valence-corrected chi connectivity index (χ2v) is 9.16. The summed E-state index contributed by atoms with van der Waals surface area (Å²) >= 11 is 0. The maximum atomic E-state index is 13.2. The predicted octanol–water partition coefficient (Wildman–Crippen LogP) is 4.31. The van der Waals surface area contributed by atoms with Crippen LogP contribution in [0.15, 0.2) is 53.1 Å². The van der Waals surface area contributed by atoms with Crippen molar-refractivity contribution >= 4 is 11.9 Å². The lowest BCUT2D eigenvalue weighted by Gasteiger charge is -2.24. The minimum atomic E-state index is -1.14. The van der Waals surface area contributed by atoms with Crippen LogP contribution in [-0.4, -0.2) is 27.0 Å². The molecule has 0 saturated carbocycles. The molecule has 7 heteroatoms. The lowest BCUT2D eigenvalue weighted by atomic mass is 9.84. The molecule has 2 aromatic carbocycles. The fraction of sp³-hybridized carbons (Fsp3) is 0.333. The minimum absolute atomic E-state index is 0.00216. The molecular formula is C24H26N4O3. The Kier molecular flexibility index (Phi) is 4.92. The molecule has 3 amide bonds. The first-order valence-corrected chi connectivity index (χ1v) is 10.2. The van der Waals surface area contributed by atoms with Crippen LogP contribution in [0.4, 0.5) is 4.79 Å². The molecule has 3 aromatic rings. The van der Waals surface area contributed by atoms with Gasteiger partial charge in [0.05, 0.1) is 6.54 Å². The van der Waals surface area contributed by atoms with Gasteiger partial charge in [0.1, 0.15) is 5.54 Å². The van der Waals surface area contributed by atoms with Gasteiger partial charge in [-0.3, -0.25) is 9.69 Å². The van der Waals surface area contributed by atoms with Crippen LogP contribution < -0.4 is 5.32 Å². The molecule has 0 aliphatic carbocycles. The van der Waals surface area contributed by atoms with Crippen LogP contribution >= 0.6 is 0 Å². The summed E-state index contributed by atoms with van der Waals surface area (Å²) in [5.41, 5.74) is 2.65. The van der Waals surface area contributed by atoms with Crippen LogP contribution in [0.25, 0.3) is 11.5 Å². The molecule has 1 saturated heterocycles. The Hall–Kier alpha value is -3.48. The molecule has 0 bridgehead atoms. The Morgan fingerprint density at radius 3 is 2.29 bits per heavy atom. The molecule has 1 aliphatic rings. The van der Waals surface area contributed by atoms with Gasteiger partial charge in [-0.25, -0.2) is 4.79 Å². The first kappa shape index (κ1) is 20.8. The monoisotopic (exact) mass is 418 g/mol. The number of aromatic nitrogens is 2. The first-order valence-electron chi connectivity index (χ1n) is 10.2. The van der Waals surface area contributed by atoms with Crippen LogP contribution in [0.1, 0.15) is 50.2 Å². The Balaban J connectivity index is 1.54. The van der Waals surface area contributed by atoms with E-state index >= 15 is 0 Å². The summed E-state index contributed by atoms with van der Waals surface area (Å²) in [6.45, 7) is 10.0. The lowest BCUT2D eigenvalue weighted by Crippen LogP contribution is -2.40. The summed E-state index contributed by atoms with van der Waals surface area (Å²) in [5, 5.41) is 6.77. The average Bonchev–Trinajstić information content (AvgIpc) is 3.27. The molecule has 0 unspecified atom stereocenters. The average molecular weight is 418 g/mol. The van der Waals surface area contributed by atoms with E-state index in [1.54, 1.807) is 6.92 Å². The van der Waals surface area contributed by atoms with Crippen molar-refractivity contribution in [3.8, 4) is 11.5 Å². The van der Waals surface area contributed by atoms with E-state index in [1.807, 2.05) is 55.5 Å². The Morgan fingerprint density at radius 2 is 1.68 bits per heavy atom. The maximum absolute atomic E-state index is 13.2. The van der Waals surface area contributed by atoms with E-state index in [0.717, 1.165) is 27.2 Å². The Labute approximate surface area is 181 Å². The number of rotatable bonds is 4. The van der Waals surface area contributed by atoms with Crippen LogP contribution in [0.2, 0.25) is 0 Å². The summed E-state index contributed by atoms with van der Waals surface area (Å²) < 4.78 is 5.32. The SMILES string of the molecule is Cc1ccc(-c2nc(CN3C(=O)N[C@@](C)(c4ccc(C(C)(C)C)cc4)C3=O)no2)cc1. The zero-order chi connectivity index (χ0) is 22.4. The Bertz CT molecular complexity index is 1130. The van der Waals surface area contributed by atoms with Crippen LogP contribution in [0.3, 0.4) is 0 Å². The molecule has 0 radical (unpaired) electrons. The molecule has 31 heavy (non-hydrogen) atoms. The van der Waals surface area contributed by atoms with Crippen molar-refractivity contribution in [1.82, 2.24) is 20.4 Å². The van der Waals surface area contributed by atoms with Crippen molar-refractivity contribution < 1.29 is 14.1 Å². The number of hydrogen-bond acceptors (Lipinski definition) is 5. The number of hydrogen-bond donors (Lipinski definition) is 1. The molecule has 0 spiro atoms. The quantitative estimate of drug-likeness (QED) is 0.638. The second kappa shape index (κ2) is 7.34. The standard InChI is InChI=1S/C24H26N4O3/c1-15-6-8-16(9-7-15)20-25-19(27-31-20)14-28-21(29)24(5,26-22(28)30)18-12-10-17(11-13-18)23(2,3)4/h6-13H,14H2,1-5H3,(H,26,30)/t24-/m0/s1. The number of carbonyl (C=O) groups excluding carboxylic acids is 2. The second-order valence-electron chi connectivity index (χ2n) is 9.16. The molecule has 4 rings (SSSR count). The summed E-state index contributed by atoms with van der Waals surface area (Å²) in [5.74, 6) is 0.275. The van der Waals surface area contributed by atoms with Gasteiger partial charge in [-0.2, -0.15) is 4.98 Å². The fourth-order valence-electron chi connectivity index (χ4n) is 3.61. The molecule has 1 aliphatic heterocycles. The minimum Gasteiger partial charge on any atom is -0.334 e. The number of urea groups is 1. The number of nitrogens with zero attached hydrogens (tertiary/aromatic N) is 3. The summed E-state index contributed by atoms with van der Waals surface area (Å²) in [6, 6.07) is 15.0. The number of aryl methyl sites for hydroxylation is 1. The molecular weight excluding hydrogens is 392 g/mol. The van der Waals surface area contributed by atoms with E-state index in [1.165, 1.54) is 0 Å². The van der Waals surface area contributed by atoms with Gasteiger partial charge in [0.2, 0.25) is 0 Å². The number of benzene rings is 2. The number of amides is 3. The highest BCUT2D eigenvalue weighted by Gasteiger charge is 2.49. The van der Waals surface area contributed by atoms with Gasteiger partial charge >= 0.3 is 6.03 Å². The van der Waals surface area contributed by atoms with Crippen molar-refractivity contribution in [3.63, 3.8) is 0 Å². The molecule has 1 atom stereocenters. The highest BCUT2D eigenvalue weighted by molar-refractivity contribution is 6.07. The van der Waals surface area contributed by atoms with Gasteiger partial charge in [-0.05, 0) is 42.5 Å². The number of imide groups is 1. The van der Waals surface area contributed by atoms with Crippen LogP contribution in [-0.2, 0) is 22.3 Å². The number of carbonyl (C=O) groups is 2. The third-order valence-corrected chi connectivity index (χ3v) is 5.67. The molecule has 7 nitrogen and oxygen atoms in total. The van der Waals surface area contributed by atoms with Gasteiger partial charge in [0.15, 0.2) is 5.82 Å². The van der Waals surface area contributed by atoms with Crippen molar-refractivity contribution in [2.45, 2.75) is 52.1 Å². The molecule has 1 fully saturated rings. The summed E-state index contributed by atoms with van der Waals surface area (Å²) in [6.07, 6.45) is 0. The highest BCUT2D eigenvalue weighted by Crippen LogP contribution is 2.32. The first-order chi connectivity index (χ1) is 14.6. The van der Waals surface area contributed by atoms with Crippen molar-refractivity contribution in [1.29, 1.82) is 0 Å². The third-order valence-electron chi connectivity index (χ3n) is 5.67. The van der Waals surface area contributed by atoms with E-state index in [-0.39, 0.29) is 23.7 Å². The van der Waals surface area contributed by atoms with Gasteiger partial charge < -0.3 is 9.84 Å². The van der Waals surface area contributed by atoms with E-state index in [2.05, 4.69) is 36.2 Å². The molecule has 1 aromatic heterocycles. The van der Waals surface area contributed by atoms with Gasteiger partial charge in [0, 0.05) is 5.56 Å². The van der Waals surface area contributed by atoms with Gasteiger partial charge in [-0.1, -0.05) is 67.9 Å². The summed E-state index contributed by atoms with van der Waals surface area (Å²) in [4.78, 5) is 31.3. The van der Waals surface area contributed by atoms with E-state index in [0.29, 0.717) is 5.89 Å². The lowest BCUT2D eigenvalue weighted by molar-refractivity contribution is -0.131. The zero-order valence-electron chi connectivity index (χ0n) is 18.4. The normalized spacial score (nSPS) is 19.1. The zero-order valence-corrected chi connectivity index (χ0v) is 18.4.